The van der Waals surface area contributed by atoms with E-state index < -0.39 is 5.60 Å². The minimum Gasteiger partial charge on any atom is -0.378 e. The largest absolute Gasteiger partial charge is 0.378 e. The highest BCUT2D eigenvalue weighted by molar-refractivity contribution is 5.93. The Morgan fingerprint density at radius 2 is 2.38 bits per heavy atom. The molecule has 2 aromatic heterocycles. The van der Waals surface area contributed by atoms with Crippen LogP contribution in [0.1, 0.15) is 30.3 Å². The summed E-state index contributed by atoms with van der Waals surface area (Å²) in [6.07, 6.45) is 6.76. The first-order valence-electron chi connectivity index (χ1n) is 8.18. The number of carbonyl (C=O) groups is 1. The Bertz CT molecular complexity index is 660. The first-order chi connectivity index (χ1) is 11.7. The molecule has 1 unspecified atom stereocenters. The van der Waals surface area contributed by atoms with E-state index in [0.29, 0.717) is 25.5 Å². The number of rotatable bonds is 6. The minimum absolute atomic E-state index is 0.194. The van der Waals surface area contributed by atoms with Crippen molar-refractivity contribution >= 4 is 5.91 Å². The molecule has 1 saturated heterocycles. The topological polar surface area (TPSA) is 78.3 Å². The summed E-state index contributed by atoms with van der Waals surface area (Å²) in [7, 11) is 0. The Morgan fingerprint density at radius 3 is 3.08 bits per heavy atom. The van der Waals surface area contributed by atoms with Crippen LogP contribution in [0.25, 0.3) is 5.69 Å². The second-order valence-corrected chi connectivity index (χ2v) is 5.79. The summed E-state index contributed by atoms with van der Waals surface area (Å²) in [5, 5.41) is 7.18. The monoisotopic (exact) mass is 330 g/mol. The quantitative estimate of drug-likeness (QED) is 0.870. The lowest BCUT2D eigenvalue weighted by Crippen LogP contribution is -2.50. The summed E-state index contributed by atoms with van der Waals surface area (Å²) in [5.41, 5.74) is 0.765. The van der Waals surface area contributed by atoms with E-state index in [1.807, 2.05) is 19.1 Å². The van der Waals surface area contributed by atoms with Crippen LogP contribution in [0.2, 0.25) is 0 Å². The summed E-state index contributed by atoms with van der Waals surface area (Å²) in [6, 6.07) is 5.35. The first-order valence-corrected chi connectivity index (χ1v) is 8.18. The SMILES string of the molecule is CCOC1(CNC(=O)c2ccnn2-c2cccnc2)CCCOC1. The van der Waals surface area contributed by atoms with Gasteiger partial charge in [-0.1, -0.05) is 0 Å². The first kappa shape index (κ1) is 16.6. The Morgan fingerprint density at radius 1 is 1.46 bits per heavy atom. The van der Waals surface area contributed by atoms with Gasteiger partial charge >= 0.3 is 0 Å². The normalized spacial score (nSPS) is 20.7. The smallest absolute Gasteiger partial charge is 0.270 e. The molecule has 1 aliphatic rings. The molecular formula is C17H22N4O3. The van der Waals surface area contributed by atoms with E-state index in [0.717, 1.165) is 25.1 Å². The van der Waals surface area contributed by atoms with Gasteiger partial charge in [0.2, 0.25) is 0 Å². The lowest BCUT2D eigenvalue weighted by Gasteiger charge is -2.36. The van der Waals surface area contributed by atoms with Gasteiger partial charge in [0.05, 0.1) is 24.7 Å². The number of hydrogen-bond donors (Lipinski definition) is 1. The standard InChI is InChI=1S/C17H22N4O3/c1-2-24-17(7-4-10-23-13-17)12-19-16(22)15-6-9-20-21(15)14-5-3-8-18-11-14/h3,5-6,8-9,11H,2,4,7,10,12-13H2,1H3,(H,19,22). The highest BCUT2D eigenvalue weighted by atomic mass is 16.5. The van der Waals surface area contributed by atoms with Gasteiger partial charge in [0.15, 0.2) is 0 Å². The number of aromatic nitrogens is 3. The van der Waals surface area contributed by atoms with E-state index in [4.69, 9.17) is 9.47 Å². The van der Waals surface area contributed by atoms with Gasteiger partial charge in [0.25, 0.3) is 5.91 Å². The maximum atomic E-state index is 12.6. The molecule has 1 N–H and O–H groups in total. The summed E-state index contributed by atoms with van der Waals surface area (Å²) >= 11 is 0. The van der Waals surface area contributed by atoms with Crippen molar-refractivity contribution in [1.82, 2.24) is 20.1 Å². The van der Waals surface area contributed by atoms with Crippen LogP contribution in [0.5, 0.6) is 0 Å². The van der Waals surface area contributed by atoms with Gasteiger partial charge in [-0.3, -0.25) is 9.78 Å². The van der Waals surface area contributed by atoms with Crippen LogP contribution in [-0.2, 0) is 9.47 Å². The summed E-state index contributed by atoms with van der Waals surface area (Å²) in [4.78, 5) is 16.7. The van der Waals surface area contributed by atoms with Crippen LogP contribution in [0.4, 0.5) is 0 Å². The number of nitrogens with one attached hydrogen (secondary N) is 1. The fraction of sp³-hybridized carbons (Fsp3) is 0.471. The number of ether oxygens (including phenoxy) is 2. The minimum atomic E-state index is -0.443. The average molecular weight is 330 g/mol. The van der Waals surface area contributed by atoms with Gasteiger partial charge in [-0.15, -0.1) is 0 Å². The maximum absolute atomic E-state index is 12.6. The van der Waals surface area contributed by atoms with Crippen molar-refractivity contribution in [3.05, 3.63) is 42.5 Å². The molecule has 1 fully saturated rings. The lowest BCUT2D eigenvalue weighted by atomic mass is 9.96. The van der Waals surface area contributed by atoms with Crippen molar-refractivity contribution in [2.24, 2.45) is 0 Å². The van der Waals surface area contributed by atoms with Crippen molar-refractivity contribution in [2.45, 2.75) is 25.4 Å². The molecule has 1 atom stereocenters. The second-order valence-electron chi connectivity index (χ2n) is 5.79. The van der Waals surface area contributed by atoms with E-state index in [1.54, 1.807) is 29.3 Å². The van der Waals surface area contributed by atoms with Crippen LogP contribution in [0, 0.1) is 0 Å². The van der Waals surface area contributed by atoms with Gasteiger partial charge in [-0.25, -0.2) is 4.68 Å². The van der Waals surface area contributed by atoms with Gasteiger partial charge in [0.1, 0.15) is 11.3 Å². The second kappa shape index (κ2) is 7.55. The Labute approximate surface area is 141 Å². The Hall–Kier alpha value is -2.25. The zero-order valence-electron chi connectivity index (χ0n) is 13.8. The van der Waals surface area contributed by atoms with Crippen LogP contribution in [0.3, 0.4) is 0 Å². The van der Waals surface area contributed by atoms with E-state index >= 15 is 0 Å². The zero-order valence-corrected chi connectivity index (χ0v) is 13.8. The third kappa shape index (κ3) is 3.63. The molecule has 2 aromatic rings. The average Bonchev–Trinajstić information content (AvgIpc) is 3.11. The highest BCUT2D eigenvalue weighted by Gasteiger charge is 2.34. The van der Waals surface area contributed by atoms with E-state index in [2.05, 4.69) is 15.4 Å². The van der Waals surface area contributed by atoms with Crippen molar-refractivity contribution in [3.63, 3.8) is 0 Å². The molecule has 0 bridgehead atoms. The molecule has 0 radical (unpaired) electrons. The van der Waals surface area contributed by atoms with Crippen LogP contribution in [-0.4, -0.2) is 52.6 Å². The van der Waals surface area contributed by atoms with E-state index in [-0.39, 0.29) is 5.91 Å². The Balaban J connectivity index is 1.70. The van der Waals surface area contributed by atoms with Crippen LogP contribution in [0.15, 0.2) is 36.8 Å². The number of pyridine rings is 1. The number of carbonyl (C=O) groups excluding carboxylic acids is 1. The van der Waals surface area contributed by atoms with Gasteiger partial charge in [-0.05, 0) is 38.0 Å². The van der Waals surface area contributed by atoms with E-state index in [1.165, 1.54) is 0 Å². The number of amides is 1. The third-order valence-corrected chi connectivity index (χ3v) is 4.07. The molecule has 7 heteroatoms. The van der Waals surface area contributed by atoms with Gasteiger partial charge in [-0.2, -0.15) is 5.10 Å². The molecule has 0 spiro atoms. The van der Waals surface area contributed by atoms with Gasteiger partial charge in [0, 0.05) is 26.0 Å². The number of nitrogens with zero attached hydrogens (tertiary/aromatic N) is 3. The molecule has 0 aromatic carbocycles. The predicted octanol–water partition coefficient (Wildman–Crippen LogP) is 1.58. The molecular weight excluding hydrogens is 308 g/mol. The molecule has 128 valence electrons. The van der Waals surface area contributed by atoms with Crippen molar-refractivity contribution < 1.29 is 14.3 Å². The zero-order chi connectivity index (χ0) is 16.8. The van der Waals surface area contributed by atoms with Crippen LogP contribution < -0.4 is 5.32 Å². The summed E-state index contributed by atoms with van der Waals surface area (Å²) in [5.74, 6) is -0.194. The van der Waals surface area contributed by atoms with Crippen molar-refractivity contribution in [2.75, 3.05) is 26.4 Å². The summed E-state index contributed by atoms with van der Waals surface area (Å²) < 4.78 is 13.0. The maximum Gasteiger partial charge on any atom is 0.270 e. The molecule has 1 amide bonds. The molecule has 3 rings (SSSR count). The molecule has 24 heavy (non-hydrogen) atoms. The molecule has 0 saturated carbocycles. The number of hydrogen-bond acceptors (Lipinski definition) is 5. The van der Waals surface area contributed by atoms with Crippen molar-refractivity contribution in [1.29, 1.82) is 0 Å². The molecule has 7 nitrogen and oxygen atoms in total. The fourth-order valence-electron chi connectivity index (χ4n) is 2.93. The van der Waals surface area contributed by atoms with Gasteiger partial charge < -0.3 is 14.8 Å². The Kier molecular flexibility index (Phi) is 5.22. The molecule has 1 aliphatic heterocycles. The molecule has 0 aliphatic carbocycles. The highest BCUT2D eigenvalue weighted by Crippen LogP contribution is 2.23. The lowest BCUT2D eigenvalue weighted by molar-refractivity contribution is -0.122. The fourth-order valence-corrected chi connectivity index (χ4v) is 2.93. The summed E-state index contributed by atoms with van der Waals surface area (Å²) in [6.45, 7) is 4.21. The third-order valence-electron chi connectivity index (χ3n) is 4.07. The predicted molar refractivity (Wildman–Crippen MR) is 88.1 cm³/mol. The van der Waals surface area contributed by atoms with E-state index in [9.17, 15) is 4.79 Å². The van der Waals surface area contributed by atoms with Crippen LogP contribution >= 0.6 is 0 Å². The molecule has 3 heterocycles. The van der Waals surface area contributed by atoms with Crippen molar-refractivity contribution in [3.8, 4) is 5.69 Å².